The van der Waals surface area contributed by atoms with Crippen molar-refractivity contribution in [2.45, 2.75) is 117 Å². The second-order valence-electron chi connectivity index (χ2n) is 7.36. The molecule has 0 unspecified atom stereocenters. The van der Waals surface area contributed by atoms with Gasteiger partial charge in [-0.05, 0) is 25.7 Å². The van der Waals surface area contributed by atoms with E-state index in [0.717, 1.165) is 25.7 Å². The van der Waals surface area contributed by atoms with Gasteiger partial charge in [0.25, 0.3) is 0 Å². The van der Waals surface area contributed by atoms with Crippen LogP contribution in [-0.2, 0) is 0 Å². The molecule has 0 bridgehead atoms. The molecular formula is C22H48IN. The Morgan fingerprint density at radius 2 is 0.792 bits per heavy atom. The molecule has 148 valence electrons. The van der Waals surface area contributed by atoms with Gasteiger partial charge in [0.2, 0.25) is 0 Å². The fourth-order valence-electron chi connectivity index (χ4n) is 3.14. The molecular weight excluding hydrogens is 405 g/mol. The molecule has 0 saturated heterocycles. The molecule has 2 heteroatoms. The lowest BCUT2D eigenvalue weighted by molar-refractivity contribution is -0.890. The fraction of sp³-hybridized carbons (Fsp3) is 1.00. The van der Waals surface area contributed by atoms with Crippen LogP contribution in [0.15, 0.2) is 0 Å². The van der Waals surface area contributed by atoms with Crippen molar-refractivity contribution in [3.63, 3.8) is 0 Å². The van der Waals surface area contributed by atoms with E-state index in [9.17, 15) is 0 Å². The molecule has 0 aliphatic heterocycles. The van der Waals surface area contributed by atoms with Gasteiger partial charge >= 0.3 is 0 Å². The molecule has 0 heterocycles. The average Bonchev–Trinajstić information content (AvgIpc) is 2.62. The Morgan fingerprint density at radius 3 is 1.08 bits per heavy atom. The SMILES string of the molecule is [2H]C([2H])([2H])[N+](CCCCCCCCCC)(CCCCCCCCCC)C([2H])([2H])[2H].[I-]. The first-order chi connectivity index (χ1) is 13.6. The van der Waals surface area contributed by atoms with Gasteiger partial charge in [0.1, 0.15) is 0 Å². The van der Waals surface area contributed by atoms with E-state index in [1.54, 1.807) is 0 Å². The number of hydrogen-bond donors (Lipinski definition) is 0. The van der Waals surface area contributed by atoms with Crippen LogP contribution in [0.3, 0.4) is 0 Å². The fourth-order valence-corrected chi connectivity index (χ4v) is 3.14. The molecule has 0 fully saturated rings. The normalized spacial score (nSPS) is 16.2. The van der Waals surface area contributed by atoms with Gasteiger partial charge in [0, 0.05) is 0 Å². The molecule has 0 aliphatic rings. The quantitative estimate of drug-likeness (QED) is 0.162. The predicted molar refractivity (Wildman–Crippen MR) is 107 cm³/mol. The van der Waals surface area contributed by atoms with Crippen LogP contribution in [0, 0.1) is 0 Å². The minimum absolute atomic E-state index is 0. The van der Waals surface area contributed by atoms with E-state index in [1.807, 2.05) is 0 Å². The molecule has 0 aromatic carbocycles. The molecule has 1 nitrogen and oxygen atoms in total. The summed E-state index contributed by atoms with van der Waals surface area (Å²) in [6, 6.07) is 0. The number of halogens is 1. The highest BCUT2D eigenvalue weighted by Crippen LogP contribution is 2.13. The largest absolute Gasteiger partial charge is 1.00 e. The maximum absolute atomic E-state index is 8.02. The third-order valence-corrected chi connectivity index (χ3v) is 4.79. The van der Waals surface area contributed by atoms with Gasteiger partial charge in [0.15, 0.2) is 0 Å². The van der Waals surface area contributed by atoms with Crippen molar-refractivity contribution in [2.75, 3.05) is 27.0 Å². The second kappa shape index (κ2) is 20.0. The lowest BCUT2D eigenvalue weighted by Gasteiger charge is -2.30. The number of nitrogens with zero attached hydrogens (tertiary/aromatic N) is 1. The highest BCUT2D eigenvalue weighted by molar-refractivity contribution is 4.48. The van der Waals surface area contributed by atoms with Gasteiger partial charge in [-0.3, -0.25) is 0 Å². The number of hydrogen-bond acceptors (Lipinski definition) is 0. The van der Waals surface area contributed by atoms with E-state index in [-0.39, 0.29) is 37.1 Å². The molecule has 0 saturated carbocycles. The minimum Gasteiger partial charge on any atom is -1.00 e. The Labute approximate surface area is 180 Å². The number of rotatable bonds is 18. The molecule has 0 spiro atoms. The molecule has 24 heavy (non-hydrogen) atoms. The summed E-state index contributed by atoms with van der Waals surface area (Å²) in [7, 11) is 0. The van der Waals surface area contributed by atoms with Crippen LogP contribution in [0.1, 0.15) is 125 Å². The Kier molecular flexibility index (Phi) is 14.0. The van der Waals surface area contributed by atoms with Crippen molar-refractivity contribution in [1.82, 2.24) is 0 Å². The van der Waals surface area contributed by atoms with Crippen LogP contribution in [-0.4, -0.2) is 31.5 Å². The van der Waals surface area contributed by atoms with Crippen molar-refractivity contribution < 1.29 is 36.7 Å². The lowest BCUT2D eigenvalue weighted by Crippen LogP contribution is -3.00. The van der Waals surface area contributed by atoms with Crippen molar-refractivity contribution >= 4 is 0 Å². The Hall–Kier alpha value is 0.690. The monoisotopic (exact) mass is 459 g/mol. The van der Waals surface area contributed by atoms with Crippen LogP contribution in [0.4, 0.5) is 0 Å². The highest BCUT2D eigenvalue weighted by atomic mass is 127. The number of unbranched alkanes of at least 4 members (excludes halogenated alkanes) is 14. The first kappa shape index (κ1) is 16.8. The summed E-state index contributed by atoms with van der Waals surface area (Å²) in [4.78, 5) is 0. The summed E-state index contributed by atoms with van der Waals surface area (Å²) < 4.78 is 47.4. The summed E-state index contributed by atoms with van der Waals surface area (Å²) in [5, 5.41) is 0. The van der Waals surface area contributed by atoms with Crippen LogP contribution >= 0.6 is 0 Å². The van der Waals surface area contributed by atoms with Gasteiger partial charge in [0.05, 0.1) is 35.3 Å². The topological polar surface area (TPSA) is 0 Å². The zero-order valence-corrected chi connectivity index (χ0v) is 18.7. The van der Waals surface area contributed by atoms with Gasteiger partial charge in [-0.2, -0.15) is 0 Å². The molecule has 0 rings (SSSR count). The summed E-state index contributed by atoms with van der Waals surface area (Å²) >= 11 is 0. The first-order valence-corrected chi connectivity index (χ1v) is 10.5. The Balaban J connectivity index is 0. The smallest absolute Gasteiger partial charge is 0.0886 e. The maximum Gasteiger partial charge on any atom is 0.0886 e. The predicted octanol–water partition coefficient (Wildman–Crippen LogP) is 4.35. The zero-order chi connectivity index (χ0) is 22.2. The summed E-state index contributed by atoms with van der Waals surface area (Å²) in [5.41, 5.74) is 0. The number of quaternary nitrogens is 1. The average molecular weight is 460 g/mol. The molecule has 0 radical (unpaired) electrons. The summed E-state index contributed by atoms with van der Waals surface area (Å²) in [6.45, 7) is -0.112. The molecule has 0 amide bonds. The summed E-state index contributed by atoms with van der Waals surface area (Å²) in [6.07, 6.45) is 17.7. The van der Waals surface area contributed by atoms with Crippen LogP contribution in [0.5, 0.6) is 0 Å². The van der Waals surface area contributed by atoms with Crippen molar-refractivity contribution in [2.24, 2.45) is 0 Å². The zero-order valence-electron chi connectivity index (χ0n) is 22.6. The van der Waals surface area contributed by atoms with Crippen LogP contribution in [0.2, 0.25) is 0 Å². The van der Waals surface area contributed by atoms with Crippen molar-refractivity contribution in [3.05, 3.63) is 0 Å². The summed E-state index contributed by atoms with van der Waals surface area (Å²) in [5.74, 6) is 0. The van der Waals surface area contributed by atoms with Gasteiger partial charge in [-0.1, -0.05) is 90.9 Å². The third-order valence-electron chi connectivity index (χ3n) is 4.79. The van der Waals surface area contributed by atoms with E-state index in [0.29, 0.717) is 12.8 Å². The van der Waals surface area contributed by atoms with Gasteiger partial charge in [-0.25, -0.2) is 0 Å². The Bertz CT molecular complexity index is 349. The third kappa shape index (κ3) is 20.7. The van der Waals surface area contributed by atoms with Crippen LogP contribution < -0.4 is 24.0 Å². The van der Waals surface area contributed by atoms with Crippen molar-refractivity contribution in [1.29, 1.82) is 0 Å². The molecule has 0 aromatic rings. The van der Waals surface area contributed by atoms with E-state index in [2.05, 4.69) is 13.8 Å². The first-order valence-electron chi connectivity index (χ1n) is 13.5. The van der Waals surface area contributed by atoms with E-state index in [1.165, 1.54) is 64.2 Å². The molecule has 0 N–H and O–H groups in total. The Morgan fingerprint density at radius 1 is 0.500 bits per heavy atom. The van der Waals surface area contributed by atoms with Crippen molar-refractivity contribution in [3.8, 4) is 0 Å². The van der Waals surface area contributed by atoms with Gasteiger partial charge < -0.3 is 28.5 Å². The van der Waals surface area contributed by atoms with Gasteiger partial charge in [-0.15, -0.1) is 0 Å². The highest BCUT2D eigenvalue weighted by Gasteiger charge is 2.13. The van der Waals surface area contributed by atoms with E-state index < -0.39 is 18.4 Å². The minimum atomic E-state index is -2.49. The second-order valence-corrected chi connectivity index (χ2v) is 7.36. The van der Waals surface area contributed by atoms with Crippen LogP contribution in [0.25, 0.3) is 0 Å². The molecule has 0 aromatic heterocycles. The molecule has 0 aliphatic carbocycles. The standard InChI is InChI=1S/C22H48N.HI/c1-5-7-9-11-13-15-17-19-21-23(3,4)22-20-18-16-14-12-10-8-6-2;/h5-22H2,1-4H3;1H/q+1;/p-1/i3D3,4D3;. The molecule has 0 atom stereocenters. The lowest BCUT2D eigenvalue weighted by atomic mass is 10.1. The maximum atomic E-state index is 8.02. The van der Waals surface area contributed by atoms with E-state index in [4.69, 9.17) is 8.22 Å². The van der Waals surface area contributed by atoms with E-state index >= 15 is 0 Å².